The van der Waals surface area contributed by atoms with E-state index in [1.165, 1.54) is 0 Å². The molecule has 23 heavy (non-hydrogen) atoms. The number of hydrogen-bond donors (Lipinski definition) is 1. The number of benzene rings is 2. The molecule has 0 saturated heterocycles. The number of ketones is 1. The van der Waals surface area contributed by atoms with Crippen LogP contribution < -0.4 is 0 Å². The lowest BCUT2D eigenvalue weighted by molar-refractivity contribution is 0.0994. The van der Waals surface area contributed by atoms with Crippen molar-refractivity contribution in [3.05, 3.63) is 47.3 Å². The second-order valence-electron chi connectivity index (χ2n) is 5.95. The van der Waals surface area contributed by atoms with Gasteiger partial charge in [0.25, 0.3) is 0 Å². The van der Waals surface area contributed by atoms with Gasteiger partial charge < -0.3 is 9.40 Å². The molecule has 2 heterocycles. The molecule has 0 radical (unpaired) electrons. The van der Waals surface area contributed by atoms with Gasteiger partial charge in [-0.1, -0.05) is 0 Å². The number of rotatable bonds is 1. The molecule has 112 valence electrons. The van der Waals surface area contributed by atoms with Crippen molar-refractivity contribution >= 4 is 27.6 Å². The van der Waals surface area contributed by atoms with Crippen LogP contribution in [0.3, 0.4) is 0 Å². The number of aromatic amines is 1. The molecule has 5 heteroatoms. The maximum Gasteiger partial charge on any atom is 0.247 e. The summed E-state index contributed by atoms with van der Waals surface area (Å²) in [5, 5.41) is 10.2. The van der Waals surface area contributed by atoms with E-state index in [4.69, 9.17) is 4.42 Å². The van der Waals surface area contributed by atoms with Crippen LogP contribution in [0.1, 0.15) is 28.2 Å². The Hall–Kier alpha value is -2.95. The maximum absolute atomic E-state index is 12.0. The summed E-state index contributed by atoms with van der Waals surface area (Å²) < 4.78 is 5.53. The van der Waals surface area contributed by atoms with Gasteiger partial charge >= 0.3 is 0 Å². The van der Waals surface area contributed by atoms with Gasteiger partial charge in [0.1, 0.15) is 0 Å². The number of aromatic nitrogens is 3. The van der Waals surface area contributed by atoms with E-state index < -0.39 is 0 Å². The van der Waals surface area contributed by atoms with Crippen molar-refractivity contribution in [1.29, 1.82) is 0 Å². The Morgan fingerprint density at radius 1 is 1.09 bits per heavy atom. The highest BCUT2D eigenvalue weighted by Gasteiger charge is 2.23. The third-order valence-corrected chi connectivity index (χ3v) is 4.55. The largest absolute Gasteiger partial charge is 0.421 e. The van der Waals surface area contributed by atoms with Crippen molar-refractivity contribution < 1.29 is 9.21 Å². The molecule has 1 N–H and O–H groups in total. The van der Waals surface area contributed by atoms with Crippen LogP contribution in [0.4, 0.5) is 0 Å². The smallest absolute Gasteiger partial charge is 0.247 e. The minimum atomic E-state index is 0.236. The first-order chi connectivity index (χ1) is 11.2. The van der Waals surface area contributed by atoms with Crippen LogP contribution in [0.2, 0.25) is 0 Å². The number of aryl methyl sites for hydroxylation is 2. The van der Waals surface area contributed by atoms with E-state index in [1.807, 2.05) is 24.3 Å². The van der Waals surface area contributed by atoms with Crippen molar-refractivity contribution in [3.63, 3.8) is 0 Å². The lowest BCUT2D eigenvalue weighted by Crippen LogP contribution is -1.90. The molecule has 0 fully saturated rings. The van der Waals surface area contributed by atoms with Crippen molar-refractivity contribution in [2.75, 3.05) is 0 Å². The Kier molecular flexibility index (Phi) is 2.34. The zero-order valence-electron chi connectivity index (χ0n) is 12.5. The summed E-state index contributed by atoms with van der Waals surface area (Å²) in [6.07, 6.45) is 1.41. The molecule has 2 aromatic heterocycles. The van der Waals surface area contributed by atoms with Gasteiger partial charge in [0.2, 0.25) is 11.8 Å². The van der Waals surface area contributed by atoms with Crippen molar-refractivity contribution in [3.8, 4) is 11.5 Å². The van der Waals surface area contributed by atoms with E-state index in [0.717, 1.165) is 44.9 Å². The summed E-state index contributed by atoms with van der Waals surface area (Å²) >= 11 is 0. The van der Waals surface area contributed by atoms with Crippen LogP contribution in [0.25, 0.3) is 33.3 Å². The molecule has 1 aliphatic rings. The van der Waals surface area contributed by atoms with Gasteiger partial charge in [-0.25, -0.2) is 0 Å². The molecule has 5 nitrogen and oxygen atoms in total. The fourth-order valence-corrected chi connectivity index (χ4v) is 3.51. The topological polar surface area (TPSA) is 71.8 Å². The number of Topliss-reactive ketones (excluding diaryl/α,β-unsaturated/α-hetero) is 1. The van der Waals surface area contributed by atoms with E-state index in [-0.39, 0.29) is 5.78 Å². The minimum absolute atomic E-state index is 0.236. The summed E-state index contributed by atoms with van der Waals surface area (Å²) in [7, 11) is 0. The Morgan fingerprint density at radius 2 is 1.96 bits per heavy atom. The Labute approximate surface area is 131 Å². The predicted octanol–water partition coefficient (Wildman–Crippen LogP) is 3.81. The number of hydrogen-bond acceptors (Lipinski definition) is 4. The van der Waals surface area contributed by atoms with Crippen LogP contribution in [0, 0.1) is 6.92 Å². The standard InChI is InChI=1S/C18H13N3O2/c1-9-20-21-18(23-9)10-2-5-14-13(8-10)17-12-4-7-16(22)11(12)3-6-15(17)19-14/h2-3,5-6,8,19H,4,7H2,1H3. The lowest BCUT2D eigenvalue weighted by atomic mass is 10.0. The number of carbonyl (C=O) groups is 1. The number of H-pyrrole nitrogens is 1. The highest BCUT2D eigenvalue weighted by atomic mass is 16.4. The van der Waals surface area contributed by atoms with Gasteiger partial charge in [-0.2, -0.15) is 0 Å². The zero-order valence-corrected chi connectivity index (χ0v) is 12.5. The maximum atomic E-state index is 12.0. The van der Waals surface area contributed by atoms with E-state index >= 15 is 0 Å². The van der Waals surface area contributed by atoms with Crippen LogP contribution in [0.5, 0.6) is 0 Å². The Morgan fingerprint density at radius 3 is 2.78 bits per heavy atom. The number of nitrogens with zero attached hydrogens (tertiary/aromatic N) is 2. The molecule has 0 unspecified atom stereocenters. The zero-order chi connectivity index (χ0) is 15.6. The van der Waals surface area contributed by atoms with Gasteiger partial charge in [-0.15, -0.1) is 10.2 Å². The number of nitrogens with one attached hydrogen (secondary N) is 1. The molecular weight excluding hydrogens is 290 g/mol. The average molecular weight is 303 g/mol. The molecule has 0 saturated carbocycles. The molecule has 4 aromatic rings. The van der Waals surface area contributed by atoms with Crippen molar-refractivity contribution in [2.24, 2.45) is 0 Å². The van der Waals surface area contributed by atoms with Crippen LogP contribution >= 0.6 is 0 Å². The highest BCUT2D eigenvalue weighted by Crippen LogP contribution is 2.36. The van der Waals surface area contributed by atoms with Crippen LogP contribution in [0.15, 0.2) is 34.7 Å². The van der Waals surface area contributed by atoms with E-state index in [1.54, 1.807) is 6.92 Å². The molecule has 0 aliphatic heterocycles. The third kappa shape index (κ3) is 1.70. The van der Waals surface area contributed by atoms with Crippen molar-refractivity contribution in [2.45, 2.75) is 19.8 Å². The second-order valence-corrected chi connectivity index (χ2v) is 5.95. The quantitative estimate of drug-likeness (QED) is 0.580. The fraction of sp³-hybridized carbons (Fsp3) is 0.167. The number of fused-ring (bicyclic) bond motifs is 5. The first kappa shape index (κ1) is 12.6. The summed E-state index contributed by atoms with van der Waals surface area (Å²) in [5.74, 6) is 1.30. The van der Waals surface area contributed by atoms with Gasteiger partial charge in [0.05, 0.1) is 0 Å². The molecule has 2 aromatic carbocycles. The minimum Gasteiger partial charge on any atom is -0.421 e. The van der Waals surface area contributed by atoms with Gasteiger partial charge in [0, 0.05) is 46.3 Å². The van der Waals surface area contributed by atoms with Crippen molar-refractivity contribution in [1.82, 2.24) is 15.2 Å². The summed E-state index contributed by atoms with van der Waals surface area (Å²) in [6.45, 7) is 1.78. The molecule has 5 rings (SSSR count). The number of carbonyl (C=O) groups excluding carboxylic acids is 1. The SMILES string of the molecule is Cc1nnc(-c2ccc3[nH]c4ccc5c(c4c3c2)CCC5=O)o1. The van der Waals surface area contributed by atoms with Crippen LogP contribution in [-0.2, 0) is 6.42 Å². The first-order valence-corrected chi connectivity index (χ1v) is 7.62. The summed E-state index contributed by atoms with van der Waals surface area (Å²) in [5.41, 5.74) is 5.01. The van der Waals surface area contributed by atoms with Gasteiger partial charge in [-0.3, -0.25) is 4.79 Å². The third-order valence-electron chi connectivity index (χ3n) is 4.55. The molecule has 0 amide bonds. The van der Waals surface area contributed by atoms with E-state index in [0.29, 0.717) is 18.2 Å². The monoisotopic (exact) mass is 303 g/mol. The van der Waals surface area contributed by atoms with Gasteiger partial charge in [0.15, 0.2) is 5.78 Å². The average Bonchev–Trinajstić information content (AvgIpc) is 3.23. The first-order valence-electron chi connectivity index (χ1n) is 7.62. The van der Waals surface area contributed by atoms with Gasteiger partial charge in [-0.05, 0) is 42.3 Å². The van der Waals surface area contributed by atoms with E-state index in [9.17, 15) is 4.79 Å². The molecule has 0 atom stereocenters. The Bertz CT molecular complexity index is 1100. The fourth-order valence-electron chi connectivity index (χ4n) is 3.51. The Balaban J connectivity index is 1.84. The molecular formula is C18H13N3O2. The lowest BCUT2D eigenvalue weighted by Gasteiger charge is -2.01. The van der Waals surface area contributed by atoms with Crippen LogP contribution in [-0.4, -0.2) is 21.0 Å². The molecule has 1 aliphatic carbocycles. The normalized spacial score (nSPS) is 14.0. The second kappa shape index (κ2) is 4.29. The predicted molar refractivity (Wildman–Crippen MR) is 86.5 cm³/mol. The summed E-state index contributed by atoms with van der Waals surface area (Å²) in [6, 6.07) is 9.98. The van der Waals surface area contributed by atoms with E-state index in [2.05, 4.69) is 21.2 Å². The highest BCUT2D eigenvalue weighted by molar-refractivity contribution is 6.15. The molecule has 0 spiro atoms. The molecule has 0 bridgehead atoms. The summed E-state index contributed by atoms with van der Waals surface area (Å²) in [4.78, 5) is 15.4.